The van der Waals surface area contributed by atoms with Crippen molar-refractivity contribution in [1.29, 1.82) is 0 Å². The van der Waals surface area contributed by atoms with Crippen LogP contribution in [0.2, 0.25) is 0 Å². The molecule has 0 aliphatic heterocycles. The lowest BCUT2D eigenvalue weighted by atomic mass is 10.1. The summed E-state index contributed by atoms with van der Waals surface area (Å²) in [4.78, 5) is 9.02. The van der Waals surface area contributed by atoms with E-state index in [1.54, 1.807) is 53.0 Å². The molecule has 2 heterocycles. The van der Waals surface area contributed by atoms with Crippen molar-refractivity contribution >= 4 is 0 Å². The number of benzene rings is 2. The van der Waals surface area contributed by atoms with E-state index in [4.69, 9.17) is 18.9 Å². The summed E-state index contributed by atoms with van der Waals surface area (Å²) >= 11 is 0. The Morgan fingerprint density at radius 3 is 1.56 bits per heavy atom. The number of methoxy groups -OCH3 is 4. The quantitative estimate of drug-likeness (QED) is 0.379. The fourth-order valence-corrected chi connectivity index (χ4v) is 3.38. The van der Waals surface area contributed by atoms with Gasteiger partial charge in [0.2, 0.25) is 5.75 Å². The third kappa shape index (κ3) is 5.75. The minimum absolute atomic E-state index is 0.529. The zero-order chi connectivity index (χ0) is 25.3. The normalized spacial score (nSPS) is 9.78. The Balaban J connectivity index is 1.48. The molecule has 0 amide bonds. The van der Waals surface area contributed by atoms with Crippen LogP contribution in [0.5, 0.6) is 23.0 Å². The molecule has 0 saturated heterocycles. The molecule has 0 N–H and O–H groups in total. The highest BCUT2D eigenvalue weighted by molar-refractivity contribution is 5.59. The Morgan fingerprint density at radius 2 is 1.08 bits per heavy atom. The predicted molar refractivity (Wildman–Crippen MR) is 139 cm³/mol. The average Bonchev–Trinajstić information content (AvgIpc) is 2.95. The topological polar surface area (TPSA) is 62.7 Å². The summed E-state index contributed by atoms with van der Waals surface area (Å²) in [7, 11) is 6.35. The molecule has 0 radical (unpaired) electrons. The van der Waals surface area contributed by atoms with Crippen molar-refractivity contribution in [3.63, 3.8) is 0 Å². The molecule has 4 rings (SSSR count). The largest absolute Gasteiger partial charge is 0.497 e. The molecule has 2 aromatic carbocycles. The first-order valence-electron chi connectivity index (χ1n) is 11.0. The molecule has 4 aromatic rings. The van der Waals surface area contributed by atoms with Crippen molar-refractivity contribution in [2.75, 3.05) is 28.4 Å². The Hall–Kier alpha value is -4.94. The molecule has 0 fully saturated rings. The van der Waals surface area contributed by atoms with Gasteiger partial charge in [-0.05, 0) is 54.6 Å². The van der Waals surface area contributed by atoms with Gasteiger partial charge in [-0.15, -0.1) is 0 Å². The van der Waals surface area contributed by atoms with E-state index >= 15 is 0 Å². The van der Waals surface area contributed by atoms with Crippen LogP contribution in [-0.4, -0.2) is 38.4 Å². The molecule has 6 heteroatoms. The summed E-state index contributed by atoms with van der Waals surface area (Å²) in [5.41, 5.74) is 4.71. The molecule has 178 valence electrons. The Kier molecular flexibility index (Phi) is 7.70. The number of nitrogens with zero attached hydrogens (tertiary/aromatic N) is 2. The maximum atomic E-state index is 5.39. The highest BCUT2D eigenvalue weighted by atomic mass is 16.5. The minimum Gasteiger partial charge on any atom is -0.497 e. The molecule has 0 bridgehead atoms. The molecule has 0 saturated carbocycles. The first-order valence-corrected chi connectivity index (χ1v) is 11.0. The Bertz CT molecular complexity index is 1450. The van der Waals surface area contributed by atoms with E-state index in [1.165, 1.54) is 0 Å². The second kappa shape index (κ2) is 11.5. The first-order chi connectivity index (χ1) is 17.6. The maximum absolute atomic E-state index is 5.39. The minimum atomic E-state index is 0.529. The molecule has 36 heavy (non-hydrogen) atoms. The van der Waals surface area contributed by atoms with Crippen LogP contribution in [0, 0.1) is 23.7 Å². The maximum Gasteiger partial charge on any atom is 0.203 e. The van der Waals surface area contributed by atoms with Crippen LogP contribution in [0.3, 0.4) is 0 Å². The Labute approximate surface area is 210 Å². The summed E-state index contributed by atoms with van der Waals surface area (Å²) < 4.78 is 21.4. The van der Waals surface area contributed by atoms with E-state index < -0.39 is 0 Å². The fraction of sp³-hybridized carbons (Fsp3) is 0.133. The van der Waals surface area contributed by atoms with Gasteiger partial charge in [0.25, 0.3) is 0 Å². The summed E-state index contributed by atoms with van der Waals surface area (Å²) in [6.07, 6.45) is 3.46. The number of ether oxygens (including phenoxy) is 4. The highest BCUT2D eigenvalue weighted by Crippen LogP contribution is 2.37. The third-order valence-corrected chi connectivity index (χ3v) is 5.23. The van der Waals surface area contributed by atoms with Crippen LogP contribution in [0.1, 0.15) is 22.3 Å². The molecule has 0 aliphatic rings. The monoisotopic (exact) mass is 476 g/mol. The van der Waals surface area contributed by atoms with Crippen molar-refractivity contribution < 1.29 is 18.9 Å². The smallest absolute Gasteiger partial charge is 0.203 e. The van der Waals surface area contributed by atoms with Crippen molar-refractivity contribution in [1.82, 2.24) is 9.97 Å². The predicted octanol–water partition coefficient (Wildman–Crippen LogP) is 4.98. The van der Waals surface area contributed by atoms with Gasteiger partial charge in [-0.25, -0.2) is 0 Å². The highest BCUT2D eigenvalue weighted by Gasteiger charge is 2.12. The van der Waals surface area contributed by atoms with Gasteiger partial charge < -0.3 is 18.9 Å². The number of rotatable bonds is 5. The molecule has 0 atom stereocenters. The lowest BCUT2D eigenvalue weighted by Gasteiger charge is -2.12. The molecule has 0 unspecified atom stereocenters. The van der Waals surface area contributed by atoms with Gasteiger partial charge in [0.15, 0.2) is 11.5 Å². The molecule has 6 nitrogen and oxygen atoms in total. The second-order valence-electron chi connectivity index (χ2n) is 7.51. The van der Waals surface area contributed by atoms with Gasteiger partial charge >= 0.3 is 0 Å². The summed E-state index contributed by atoms with van der Waals surface area (Å²) in [6.45, 7) is 0. The molecule has 2 aromatic heterocycles. The van der Waals surface area contributed by atoms with Gasteiger partial charge in [0.1, 0.15) is 5.75 Å². The van der Waals surface area contributed by atoms with Gasteiger partial charge in [-0.1, -0.05) is 29.7 Å². The number of hydrogen-bond donors (Lipinski definition) is 0. The summed E-state index contributed by atoms with van der Waals surface area (Å²) in [5.74, 6) is 14.9. The summed E-state index contributed by atoms with van der Waals surface area (Å²) in [6, 6.07) is 18.9. The zero-order valence-corrected chi connectivity index (χ0v) is 20.5. The standard InChI is InChI=1S/C30H24N2O4/c1-33-25-7-5-6-21(16-25)8-9-22-12-14-26(31-19-22)27-15-13-23(20-32-27)10-11-24-17-28(34-2)30(36-4)29(18-24)35-3/h5-7,12-20H,1-4H3. The molecule has 0 aliphatic carbocycles. The van der Waals surface area contributed by atoms with E-state index in [0.717, 1.165) is 39.4 Å². The van der Waals surface area contributed by atoms with Crippen LogP contribution < -0.4 is 18.9 Å². The van der Waals surface area contributed by atoms with Gasteiger partial charge in [-0.3, -0.25) is 9.97 Å². The Morgan fingerprint density at radius 1 is 0.528 bits per heavy atom. The van der Waals surface area contributed by atoms with Crippen molar-refractivity contribution in [2.45, 2.75) is 0 Å². The van der Waals surface area contributed by atoms with Crippen LogP contribution in [0.15, 0.2) is 73.1 Å². The number of hydrogen-bond acceptors (Lipinski definition) is 6. The SMILES string of the molecule is COc1cccc(C#Cc2ccc(-c3ccc(C#Cc4cc(OC)c(OC)c(OC)c4)cn3)nc2)c1. The zero-order valence-electron chi connectivity index (χ0n) is 20.5. The van der Waals surface area contributed by atoms with E-state index in [0.29, 0.717) is 17.2 Å². The van der Waals surface area contributed by atoms with E-state index in [1.807, 2.05) is 48.5 Å². The first kappa shape index (κ1) is 24.2. The van der Waals surface area contributed by atoms with E-state index in [-0.39, 0.29) is 0 Å². The fourth-order valence-electron chi connectivity index (χ4n) is 3.38. The lowest BCUT2D eigenvalue weighted by Crippen LogP contribution is -1.95. The van der Waals surface area contributed by atoms with Crippen molar-refractivity contribution in [3.8, 4) is 58.1 Å². The number of aromatic nitrogens is 2. The summed E-state index contributed by atoms with van der Waals surface area (Å²) in [5, 5.41) is 0. The van der Waals surface area contributed by atoms with Crippen LogP contribution in [0.25, 0.3) is 11.4 Å². The molecule has 0 spiro atoms. The third-order valence-electron chi connectivity index (χ3n) is 5.23. The van der Waals surface area contributed by atoms with Crippen LogP contribution >= 0.6 is 0 Å². The van der Waals surface area contributed by atoms with Crippen LogP contribution in [-0.2, 0) is 0 Å². The van der Waals surface area contributed by atoms with E-state index in [9.17, 15) is 0 Å². The van der Waals surface area contributed by atoms with Crippen molar-refractivity contribution in [2.24, 2.45) is 0 Å². The second-order valence-corrected chi connectivity index (χ2v) is 7.51. The molecular formula is C30H24N2O4. The van der Waals surface area contributed by atoms with Gasteiger partial charge in [-0.2, -0.15) is 0 Å². The lowest BCUT2D eigenvalue weighted by molar-refractivity contribution is 0.324. The van der Waals surface area contributed by atoms with Crippen molar-refractivity contribution in [3.05, 3.63) is 95.3 Å². The van der Waals surface area contributed by atoms with Crippen LogP contribution in [0.4, 0.5) is 0 Å². The van der Waals surface area contributed by atoms with Gasteiger partial charge in [0.05, 0.1) is 39.8 Å². The van der Waals surface area contributed by atoms with Gasteiger partial charge in [0, 0.05) is 34.6 Å². The van der Waals surface area contributed by atoms with E-state index in [2.05, 4.69) is 33.6 Å². The average molecular weight is 477 g/mol. The number of pyridine rings is 2. The molecular weight excluding hydrogens is 452 g/mol.